The van der Waals surface area contributed by atoms with Crippen LogP contribution in [0.2, 0.25) is 0 Å². The van der Waals surface area contributed by atoms with Crippen molar-refractivity contribution >= 4 is 34.7 Å². The van der Waals surface area contributed by atoms with E-state index in [1.807, 2.05) is 25.0 Å². The summed E-state index contributed by atoms with van der Waals surface area (Å²) in [6.45, 7) is 4.77. The molecular weight excluding hydrogens is 419 g/mol. The molecule has 0 saturated carbocycles. The van der Waals surface area contributed by atoms with E-state index in [4.69, 9.17) is 16.7 Å². The van der Waals surface area contributed by atoms with Crippen molar-refractivity contribution in [3.8, 4) is 11.4 Å². The largest absolute Gasteiger partial charge is 0.351 e. The van der Waals surface area contributed by atoms with Crippen LogP contribution < -0.4 is 5.32 Å². The van der Waals surface area contributed by atoms with Gasteiger partial charge in [0.15, 0.2) is 5.11 Å². The lowest BCUT2D eigenvalue weighted by Gasteiger charge is -2.36. The molecule has 0 amide bonds. The molecule has 1 unspecified atom stereocenters. The maximum Gasteiger partial charge on any atom is 0.258 e. The molecule has 2 aromatic carbocycles. The second-order valence-electron chi connectivity index (χ2n) is 6.83. The van der Waals surface area contributed by atoms with E-state index in [0.29, 0.717) is 22.4 Å². The van der Waals surface area contributed by atoms with E-state index in [2.05, 4.69) is 39.7 Å². The number of benzene rings is 2. The number of nitrogens with one attached hydrogen (secondary N) is 1. The van der Waals surface area contributed by atoms with Crippen LogP contribution in [0.3, 0.4) is 0 Å². The van der Waals surface area contributed by atoms with Gasteiger partial charge >= 0.3 is 0 Å². The monoisotopic (exact) mass is 440 g/mol. The van der Waals surface area contributed by atoms with Gasteiger partial charge in [-0.15, -0.1) is 11.8 Å². The summed E-state index contributed by atoms with van der Waals surface area (Å²) in [6, 6.07) is 14.2. The van der Waals surface area contributed by atoms with Gasteiger partial charge in [-0.1, -0.05) is 17.3 Å². The smallest absolute Gasteiger partial charge is 0.258 e. The van der Waals surface area contributed by atoms with Gasteiger partial charge < -0.3 is 14.7 Å². The average Bonchev–Trinajstić information content (AvgIpc) is 3.24. The zero-order chi connectivity index (χ0) is 21.3. The Morgan fingerprint density at radius 3 is 2.50 bits per heavy atom. The molecule has 1 aliphatic rings. The Kier molecular flexibility index (Phi) is 5.87. The molecule has 0 aliphatic carbocycles. The molecule has 4 rings (SSSR count). The number of thioether (sulfide) groups is 1. The minimum atomic E-state index is -0.307. The molecule has 154 valence electrons. The fourth-order valence-corrected chi connectivity index (χ4v) is 4.33. The molecule has 0 spiro atoms. The molecule has 8 heteroatoms. The Bertz CT molecular complexity index is 1090. The Hall–Kier alpha value is -2.71. The van der Waals surface area contributed by atoms with Crippen molar-refractivity contribution < 1.29 is 8.91 Å². The first-order valence-corrected chi connectivity index (χ1v) is 11.2. The zero-order valence-corrected chi connectivity index (χ0v) is 18.5. The fraction of sp³-hybridized carbons (Fsp3) is 0.227. The SMILES string of the molecule is CCN1C(=S)NC(c2ccc(SC)cc2)C(c2nc(-c3ccc(F)cc3)no2)=C1C. The molecule has 1 N–H and O–H groups in total. The Balaban J connectivity index is 1.79. The number of rotatable bonds is 5. The predicted octanol–water partition coefficient (Wildman–Crippen LogP) is 5.28. The lowest BCUT2D eigenvalue weighted by atomic mass is 9.95. The molecule has 1 atom stereocenters. The summed E-state index contributed by atoms with van der Waals surface area (Å²) in [7, 11) is 0. The molecule has 3 aromatic rings. The van der Waals surface area contributed by atoms with Crippen LogP contribution in [0.15, 0.2) is 63.6 Å². The van der Waals surface area contributed by atoms with E-state index in [1.54, 1.807) is 23.9 Å². The number of halogens is 1. The quantitative estimate of drug-likeness (QED) is 0.428. The third kappa shape index (κ3) is 3.85. The molecule has 0 bridgehead atoms. The van der Waals surface area contributed by atoms with Crippen LogP contribution in [-0.4, -0.2) is 33.0 Å². The minimum absolute atomic E-state index is 0.210. The van der Waals surface area contributed by atoms with Crippen molar-refractivity contribution in [2.45, 2.75) is 24.8 Å². The van der Waals surface area contributed by atoms with Crippen LogP contribution in [0.4, 0.5) is 4.39 Å². The highest BCUT2D eigenvalue weighted by Gasteiger charge is 2.33. The maximum absolute atomic E-state index is 13.3. The zero-order valence-electron chi connectivity index (χ0n) is 16.8. The van der Waals surface area contributed by atoms with Gasteiger partial charge in [-0.2, -0.15) is 4.98 Å². The number of aromatic nitrogens is 2. The topological polar surface area (TPSA) is 54.2 Å². The van der Waals surface area contributed by atoms with Crippen molar-refractivity contribution in [1.82, 2.24) is 20.4 Å². The van der Waals surface area contributed by atoms with E-state index in [9.17, 15) is 4.39 Å². The van der Waals surface area contributed by atoms with Crippen molar-refractivity contribution in [1.29, 1.82) is 0 Å². The van der Waals surface area contributed by atoms with E-state index in [1.165, 1.54) is 17.0 Å². The summed E-state index contributed by atoms with van der Waals surface area (Å²) in [6.07, 6.45) is 2.05. The minimum Gasteiger partial charge on any atom is -0.351 e. The first-order valence-electron chi connectivity index (χ1n) is 9.54. The molecule has 1 aromatic heterocycles. The summed E-state index contributed by atoms with van der Waals surface area (Å²) >= 11 is 7.29. The standard InChI is InChI=1S/C22H21FN4OS2/c1-4-27-13(2)18(19(24-22(27)29)14-7-11-17(30-3)12-8-14)21-25-20(26-28-21)15-5-9-16(23)10-6-15/h5-12,19H,4H2,1-3H3,(H,24,29). The van der Waals surface area contributed by atoms with Crippen molar-refractivity contribution in [2.75, 3.05) is 12.8 Å². The molecule has 2 heterocycles. The van der Waals surface area contributed by atoms with Crippen molar-refractivity contribution in [2.24, 2.45) is 0 Å². The fourth-order valence-electron chi connectivity index (χ4n) is 3.53. The van der Waals surface area contributed by atoms with Crippen LogP contribution in [0, 0.1) is 5.82 Å². The molecule has 30 heavy (non-hydrogen) atoms. The number of allylic oxidation sites excluding steroid dienone is 1. The van der Waals surface area contributed by atoms with Crippen LogP contribution in [0.25, 0.3) is 17.0 Å². The first kappa shape index (κ1) is 20.6. The molecule has 0 saturated heterocycles. The Morgan fingerprint density at radius 1 is 1.17 bits per heavy atom. The summed E-state index contributed by atoms with van der Waals surface area (Å²) in [5.41, 5.74) is 3.59. The maximum atomic E-state index is 13.3. The van der Waals surface area contributed by atoms with E-state index in [0.717, 1.165) is 23.4 Å². The first-order chi connectivity index (χ1) is 14.5. The van der Waals surface area contributed by atoms with Crippen LogP contribution in [-0.2, 0) is 0 Å². The van der Waals surface area contributed by atoms with Gasteiger partial charge in [0.25, 0.3) is 5.89 Å². The van der Waals surface area contributed by atoms with Gasteiger partial charge in [-0.25, -0.2) is 4.39 Å². The van der Waals surface area contributed by atoms with Gasteiger partial charge in [0, 0.05) is 22.7 Å². The van der Waals surface area contributed by atoms with Gasteiger partial charge in [-0.05, 0) is 74.3 Å². The number of hydrogen-bond acceptors (Lipinski definition) is 5. The summed E-state index contributed by atoms with van der Waals surface area (Å²) in [4.78, 5) is 7.81. The predicted molar refractivity (Wildman–Crippen MR) is 121 cm³/mol. The van der Waals surface area contributed by atoms with Gasteiger partial charge in [0.2, 0.25) is 5.82 Å². The van der Waals surface area contributed by atoms with Crippen LogP contribution >= 0.6 is 24.0 Å². The van der Waals surface area contributed by atoms with E-state index >= 15 is 0 Å². The van der Waals surface area contributed by atoms with Crippen LogP contribution in [0.1, 0.15) is 31.3 Å². The van der Waals surface area contributed by atoms with Gasteiger partial charge in [-0.3, -0.25) is 0 Å². The van der Waals surface area contributed by atoms with Gasteiger partial charge in [0.1, 0.15) is 5.82 Å². The third-order valence-electron chi connectivity index (χ3n) is 5.12. The highest BCUT2D eigenvalue weighted by atomic mass is 32.2. The number of hydrogen-bond donors (Lipinski definition) is 1. The molecule has 5 nitrogen and oxygen atoms in total. The molecular formula is C22H21FN4OS2. The van der Waals surface area contributed by atoms with Crippen molar-refractivity contribution in [3.63, 3.8) is 0 Å². The van der Waals surface area contributed by atoms with Crippen molar-refractivity contribution in [3.05, 3.63) is 71.5 Å². The van der Waals surface area contributed by atoms with E-state index in [-0.39, 0.29) is 11.9 Å². The molecule has 0 fully saturated rings. The average molecular weight is 441 g/mol. The highest BCUT2D eigenvalue weighted by Crippen LogP contribution is 2.37. The summed E-state index contributed by atoms with van der Waals surface area (Å²) < 4.78 is 18.9. The summed E-state index contributed by atoms with van der Waals surface area (Å²) in [5, 5.41) is 8.21. The summed E-state index contributed by atoms with van der Waals surface area (Å²) in [5.74, 6) is 0.524. The second-order valence-corrected chi connectivity index (χ2v) is 8.10. The number of thiocarbonyl (C=S) groups is 1. The second kappa shape index (κ2) is 8.57. The molecule has 1 aliphatic heterocycles. The third-order valence-corrected chi connectivity index (χ3v) is 6.20. The lowest BCUT2D eigenvalue weighted by molar-refractivity contribution is 0.398. The van der Waals surface area contributed by atoms with Gasteiger partial charge in [0.05, 0.1) is 11.6 Å². The Morgan fingerprint density at radius 2 is 1.87 bits per heavy atom. The van der Waals surface area contributed by atoms with E-state index < -0.39 is 0 Å². The highest BCUT2D eigenvalue weighted by molar-refractivity contribution is 7.98. The lowest BCUT2D eigenvalue weighted by Crippen LogP contribution is -2.45. The van der Waals surface area contributed by atoms with Crippen LogP contribution in [0.5, 0.6) is 0 Å². The molecule has 0 radical (unpaired) electrons. The normalized spacial score (nSPS) is 16.7. The Labute approximate surface area is 184 Å². The number of nitrogens with zero attached hydrogens (tertiary/aromatic N) is 3.